The molecule has 3 saturated carbocycles. The van der Waals surface area contributed by atoms with Gasteiger partial charge in [-0.3, -0.25) is 33.9 Å². The molecule has 6 aliphatic rings. The molecule has 5 amide bonds. The van der Waals surface area contributed by atoms with Crippen LogP contribution in [0.3, 0.4) is 0 Å². The molecule has 0 bridgehead atoms. The smallest absolute Gasteiger partial charge is 0.381 e. The van der Waals surface area contributed by atoms with E-state index in [4.69, 9.17) is 9.47 Å². The van der Waals surface area contributed by atoms with Crippen molar-refractivity contribution in [2.75, 3.05) is 46.6 Å². The zero-order valence-corrected chi connectivity index (χ0v) is 44.9. The summed E-state index contributed by atoms with van der Waals surface area (Å²) in [6.45, 7) is 6.39. The first kappa shape index (κ1) is 54.8. The van der Waals surface area contributed by atoms with Gasteiger partial charge in [0.2, 0.25) is 29.5 Å². The Morgan fingerprint density at radius 1 is 0.893 bits per heavy atom. The van der Waals surface area contributed by atoms with E-state index in [0.717, 1.165) is 67.2 Å². The largest absolute Gasteiger partial charge is 0.417 e. The molecule has 4 N–H and O–H groups in total. The fourth-order valence-corrected chi connectivity index (χ4v) is 13.2. The number of alkyl halides is 3. The molecule has 4 aliphatic carbocycles. The van der Waals surface area contributed by atoms with Crippen LogP contribution in [0.4, 0.5) is 13.2 Å². The minimum absolute atomic E-state index is 0.0282. The number of rotatable bonds is 19. The number of aryl methyl sites for hydroxylation is 1. The average Bonchev–Trinajstić information content (AvgIpc) is 4.08. The van der Waals surface area contributed by atoms with Crippen molar-refractivity contribution in [2.24, 2.45) is 35.0 Å². The van der Waals surface area contributed by atoms with E-state index in [0.29, 0.717) is 69.6 Å². The molecule has 6 atom stereocenters. The molecule has 4 fully saturated rings. The number of nitrogens with one attached hydrogen (secondary N) is 4. The predicted molar refractivity (Wildman–Crippen MR) is 276 cm³/mol. The molecule has 1 saturated heterocycles. The highest BCUT2D eigenvalue weighted by Gasteiger charge is 2.51. The molecule has 0 spiro atoms. The number of fused-ring (bicyclic) bond motifs is 2. The van der Waals surface area contributed by atoms with E-state index in [-0.39, 0.29) is 97.7 Å². The minimum atomic E-state index is -4.63. The summed E-state index contributed by atoms with van der Waals surface area (Å²) >= 11 is 3.58. The third kappa shape index (κ3) is 12.7. The molecule has 75 heavy (non-hydrogen) atoms. The highest BCUT2D eigenvalue weighted by Crippen LogP contribution is 2.48. The van der Waals surface area contributed by atoms with Crippen LogP contribution in [0.25, 0.3) is 0 Å². The number of ether oxygens (including phenoxy) is 2. The van der Waals surface area contributed by atoms with E-state index < -0.39 is 35.0 Å². The van der Waals surface area contributed by atoms with Gasteiger partial charge in [-0.2, -0.15) is 13.2 Å². The number of halogens is 4. The van der Waals surface area contributed by atoms with Crippen LogP contribution in [-0.2, 0) is 52.6 Å². The summed E-state index contributed by atoms with van der Waals surface area (Å²) in [6, 6.07) is 10.1. The van der Waals surface area contributed by atoms with Crippen molar-refractivity contribution in [3.63, 3.8) is 0 Å². The summed E-state index contributed by atoms with van der Waals surface area (Å²) < 4.78 is 54.9. The maximum Gasteiger partial charge on any atom is 0.417 e. The zero-order chi connectivity index (χ0) is 53.0. The van der Waals surface area contributed by atoms with Gasteiger partial charge >= 0.3 is 6.18 Å². The van der Waals surface area contributed by atoms with E-state index in [1.165, 1.54) is 11.1 Å². The Balaban J connectivity index is 0.675. The molecular formula is C56H72BrF3N8O7. The average molecular weight is 1110 g/mol. The molecule has 2 aromatic heterocycles. The number of pyridine rings is 2. The molecule has 1 aromatic carbocycles. The van der Waals surface area contributed by atoms with Gasteiger partial charge in [0.15, 0.2) is 0 Å². The molecule has 0 unspecified atom stereocenters. The highest BCUT2D eigenvalue weighted by molar-refractivity contribution is 9.10. The van der Waals surface area contributed by atoms with Crippen LogP contribution in [0, 0.1) is 35.0 Å². The van der Waals surface area contributed by atoms with Crippen LogP contribution < -0.4 is 21.3 Å². The lowest BCUT2D eigenvalue weighted by atomic mass is 9.73. The van der Waals surface area contributed by atoms with Crippen LogP contribution in [0.1, 0.15) is 143 Å². The SMILES string of the molecule is CC(C)[C@]1(C(=O)N2Cc3cc(C(F)(F)F)cnc3[C@H](NC(=O)C3CC(NC(=O)CCOCC4CCC(COCCNC(=O)[C@H]5CC(=O)N(C)[C@@H]5c5cccnc5)CC4)C3)C2)CC[C@@H](N[C@@H]2CCc3cc(Br)ccc32)C1. The van der Waals surface area contributed by atoms with E-state index >= 15 is 0 Å². The first-order chi connectivity index (χ1) is 35.9. The second kappa shape index (κ2) is 23.7. The normalized spacial score (nSPS) is 28.4. The Kier molecular flexibility index (Phi) is 17.3. The van der Waals surface area contributed by atoms with Crippen molar-refractivity contribution < 1.29 is 46.6 Å². The van der Waals surface area contributed by atoms with Crippen LogP contribution in [0.2, 0.25) is 0 Å². The van der Waals surface area contributed by atoms with Crippen LogP contribution in [0.15, 0.2) is 59.5 Å². The molecule has 2 aliphatic heterocycles. The molecule has 19 heteroatoms. The Morgan fingerprint density at radius 3 is 2.35 bits per heavy atom. The van der Waals surface area contributed by atoms with Gasteiger partial charge < -0.3 is 40.5 Å². The summed E-state index contributed by atoms with van der Waals surface area (Å²) in [7, 11) is 1.72. The summed E-state index contributed by atoms with van der Waals surface area (Å²) in [6.07, 6.45) is 8.76. The van der Waals surface area contributed by atoms with Gasteiger partial charge in [-0.15, -0.1) is 0 Å². The quantitative estimate of drug-likeness (QED) is 0.0869. The van der Waals surface area contributed by atoms with Gasteiger partial charge in [0.25, 0.3) is 0 Å². The van der Waals surface area contributed by atoms with Gasteiger partial charge in [-0.1, -0.05) is 41.9 Å². The van der Waals surface area contributed by atoms with E-state index in [9.17, 15) is 37.1 Å². The topological polar surface area (TPSA) is 184 Å². The third-order valence-corrected chi connectivity index (χ3v) is 17.7. The van der Waals surface area contributed by atoms with E-state index in [2.05, 4.69) is 65.4 Å². The van der Waals surface area contributed by atoms with Crippen molar-refractivity contribution in [1.82, 2.24) is 41.0 Å². The van der Waals surface area contributed by atoms with Crippen LogP contribution >= 0.6 is 15.9 Å². The van der Waals surface area contributed by atoms with Gasteiger partial charge in [0.1, 0.15) is 0 Å². The van der Waals surface area contributed by atoms with E-state index in [1.54, 1.807) is 35.3 Å². The van der Waals surface area contributed by atoms with Crippen molar-refractivity contribution in [2.45, 2.75) is 140 Å². The predicted octanol–water partition coefficient (Wildman–Crippen LogP) is 7.69. The minimum Gasteiger partial charge on any atom is -0.381 e. The lowest BCUT2D eigenvalue weighted by Crippen LogP contribution is -2.54. The fraction of sp³-hybridized carbons (Fsp3) is 0.625. The van der Waals surface area contributed by atoms with Gasteiger partial charge in [-0.25, -0.2) is 0 Å². The Labute approximate surface area is 446 Å². The Hall–Kier alpha value is -4.98. The second-order valence-electron chi connectivity index (χ2n) is 22.4. The summed E-state index contributed by atoms with van der Waals surface area (Å²) in [5.74, 6) is -0.869. The molecule has 9 rings (SSSR count). The van der Waals surface area contributed by atoms with Crippen LogP contribution in [-0.4, -0.2) is 108 Å². The molecule has 406 valence electrons. The molecule has 3 aromatic rings. The molecule has 15 nitrogen and oxygen atoms in total. The van der Waals surface area contributed by atoms with E-state index in [1.807, 2.05) is 19.9 Å². The summed E-state index contributed by atoms with van der Waals surface area (Å²) in [5, 5.41) is 12.9. The number of amides is 5. The Bertz CT molecular complexity index is 2540. The highest BCUT2D eigenvalue weighted by atomic mass is 79.9. The van der Waals surface area contributed by atoms with Gasteiger partial charge in [-0.05, 0) is 135 Å². The van der Waals surface area contributed by atoms with Gasteiger partial charge in [0.05, 0.1) is 47.9 Å². The lowest BCUT2D eigenvalue weighted by Gasteiger charge is -2.42. The van der Waals surface area contributed by atoms with Crippen LogP contribution in [0.5, 0.6) is 0 Å². The standard InChI is InChI=1S/C56H72BrF3N8O7/c1-33(2)55(16-14-42(26-55)64-46-13-10-36-22-41(57)11-12-44(36)46)54(73)68-29-39-21-40(56(58,59)60)28-63-50(39)47(30-68)66-52(71)38-23-43(24-38)65-48(69)15-19-74-31-34-6-8-35(9-7-34)32-75-20-18-62-53(72)45-25-49(70)67(3)51(45)37-5-4-17-61-27-37/h4-5,11-12,17,21-22,27-28,33-35,38,42-43,45-47,51,64H,6-10,13-16,18-20,23-26,29-32H2,1-3H3,(H,62,72)(H,65,69)(H,66,71)/t34?,35?,38?,42-,43?,45+,46-,47-,51-,55+/m1/s1. The number of carbonyl (C=O) groups is 5. The number of carbonyl (C=O) groups excluding carboxylic acids is 5. The Morgan fingerprint density at radius 2 is 1.64 bits per heavy atom. The van der Waals surface area contributed by atoms with Crippen molar-refractivity contribution in [3.05, 3.63) is 93.0 Å². The lowest BCUT2D eigenvalue weighted by molar-refractivity contribution is -0.147. The first-order valence-corrected chi connectivity index (χ1v) is 27.8. The number of likely N-dealkylation sites (tertiary alicyclic amines) is 1. The van der Waals surface area contributed by atoms with Crippen molar-refractivity contribution in [1.29, 1.82) is 0 Å². The van der Waals surface area contributed by atoms with Crippen molar-refractivity contribution in [3.8, 4) is 0 Å². The zero-order valence-electron chi connectivity index (χ0n) is 43.3. The second-order valence-corrected chi connectivity index (χ2v) is 23.3. The number of hydrogen-bond donors (Lipinski definition) is 4. The maximum absolute atomic E-state index is 14.8. The number of aromatic nitrogens is 2. The maximum atomic E-state index is 14.8. The monoisotopic (exact) mass is 1100 g/mol. The van der Waals surface area contributed by atoms with Gasteiger partial charge in [0, 0.05) is 99.8 Å². The molecule has 4 heterocycles. The first-order valence-electron chi connectivity index (χ1n) is 27.0. The number of nitrogens with zero attached hydrogens (tertiary/aromatic N) is 4. The van der Waals surface area contributed by atoms with Crippen molar-refractivity contribution >= 4 is 45.5 Å². The third-order valence-electron chi connectivity index (χ3n) is 17.2. The number of hydrogen-bond acceptors (Lipinski definition) is 10. The number of benzene rings is 1. The fourth-order valence-electron chi connectivity index (χ4n) is 12.8. The molecule has 0 radical (unpaired) electrons. The summed E-state index contributed by atoms with van der Waals surface area (Å²) in [4.78, 5) is 78.7. The molecular weight excluding hydrogens is 1030 g/mol. The summed E-state index contributed by atoms with van der Waals surface area (Å²) in [5.41, 5.74) is 2.42.